The molecule has 0 amide bonds. The van der Waals surface area contributed by atoms with Crippen LogP contribution in [-0.2, 0) is 6.42 Å². The Kier molecular flexibility index (Phi) is 4.02. The number of hydrogen-bond acceptors (Lipinski definition) is 3. The average molecular weight is 264 g/mol. The number of nitrogens with one attached hydrogen (secondary N) is 1. The van der Waals surface area contributed by atoms with Gasteiger partial charge in [-0.25, -0.2) is 0 Å². The van der Waals surface area contributed by atoms with Crippen LogP contribution in [0.25, 0.3) is 0 Å². The van der Waals surface area contributed by atoms with Gasteiger partial charge in [-0.3, -0.25) is 0 Å². The molecule has 1 aromatic rings. The van der Waals surface area contributed by atoms with Crippen LogP contribution in [0.3, 0.4) is 0 Å². The van der Waals surface area contributed by atoms with Gasteiger partial charge in [0.15, 0.2) is 0 Å². The summed E-state index contributed by atoms with van der Waals surface area (Å²) in [4.78, 5) is 1.61. The smallest absolute Gasteiger partial charge is 0.0333 e. The Morgan fingerprint density at radius 3 is 3.00 bits per heavy atom. The normalized spacial score (nSPS) is 32.2. The zero-order chi connectivity index (χ0) is 12.4. The highest BCUT2D eigenvalue weighted by Crippen LogP contribution is 2.35. The summed E-state index contributed by atoms with van der Waals surface area (Å²) in [5.74, 6) is 0.697. The molecular weight excluding hydrogens is 240 g/mol. The van der Waals surface area contributed by atoms with Gasteiger partial charge in [-0.05, 0) is 61.6 Å². The van der Waals surface area contributed by atoms with E-state index in [1.165, 1.54) is 44.9 Å². The van der Waals surface area contributed by atoms with Gasteiger partial charge < -0.3 is 11.1 Å². The Hall–Kier alpha value is -0.380. The van der Waals surface area contributed by atoms with Crippen LogP contribution in [-0.4, -0.2) is 12.6 Å². The number of nitrogens with two attached hydrogens (primary N) is 1. The van der Waals surface area contributed by atoms with Gasteiger partial charge in [0.1, 0.15) is 0 Å². The second-order valence-corrected chi connectivity index (χ2v) is 6.80. The molecule has 100 valence electrons. The second kappa shape index (κ2) is 5.72. The van der Waals surface area contributed by atoms with Crippen molar-refractivity contribution >= 4 is 11.3 Å². The third-order valence-electron chi connectivity index (χ3n) is 4.68. The Bertz CT molecular complexity index is 388. The summed E-state index contributed by atoms with van der Waals surface area (Å²) in [6.07, 6.45) is 9.31. The maximum atomic E-state index is 5.94. The molecule has 1 heterocycles. The fourth-order valence-corrected chi connectivity index (χ4v) is 4.61. The molecule has 2 nitrogen and oxygen atoms in total. The van der Waals surface area contributed by atoms with Crippen molar-refractivity contribution in [3.63, 3.8) is 0 Å². The van der Waals surface area contributed by atoms with Crippen LogP contribution >= 0.6 is 11.3 Å². The van der Waals surface area contributed by atoms with Crippen molar-refractivity contribution in [3.8, 4) is 0 Å². The molecule has 1 aromatic heterocycles. The molecule has 1 saturated carbocycles. The fourth-order valence-electron chi connectivity index (χ4n) is 3.63. The van der Waals surface area contributed by atoms with E-state index in [4.69, 9.17) is 5.73 Å². The first-order valence-corrected chi connectivity index (χ1v) is 8.29. The van der Waals surface area contributed by atoms with E-state index in [0.29, 0.717) is 18.0 Å². The van der Waals surface area contributed by atoms with E-state index in [1.54, 1.807) is 10.4 Å². The van der Waals surface area contributed by atoms with Crippen LogP contribution in [0.1, 0.15) is 55.0 Å². The van der Waals surface area contributed by atoms with Crippen molar-refractivity contribution in [2.45, 2.75) is 57.0 Å². The monoisotopic (exact) mass is 264 g/mol. The van der Waals surface area contributed by atoms with Gasteiger partial charge in [-0.15, -0.1) is 11.3 Å². The zero-order valence-corrected chi connectivity index (χ0v) is 11.8. The van der Waals surface area contributed by atoms with E-state index in [-0.39, 0.29) is 0 Å². The standard InChI is InChI=1S/C15H24N2S/c16-10-11-4-1-2-5-13(11)17-14-6-3-7-15-12(14)8-9-18-15/h8-9,11,13-14,17H,1-7,10,16H2. The van der Waals surface area contributed by atoms with Gasteiger partial charge in [0.2, 0.25) is 0 Å². The predicted molar refractivity (Wildman–Crippen MR) is 77.9 cm³/mol. The van der Waals surface area contributed by atoms with Crippen LogP contribution in [0.2, 0.25) is 0 Å². The largest absolute Gasteiger partial charge is 0.330 e. The van der Waals surface area contributed by atoms with E-state index < -0.39 is 0 Å². The molecule has 2 aliphatic rings. The predicted octanol–water partition coefficient (Wildman–Crippen LogP) is 3.23. The quantitative estimate of drug-likeness (QED) is 0.879. The van der Waals surface area contributed by atoms with Crippen LogP contribution in [0.5, 0.6) is 0 Å². The number of aryl methyl sites for hydroxylation is 1. The molecule has 1 fully saturated rings. The van der Waals surface area contributed by atoms with Crippen LogP contribution < -0.4 is 11.1 Å². The minimum Gasteiger partial charge on any atom is -0.330 e. The van der Waals surface area contributed by atoms with Crippen LogP contribution in [0.4, 0.5) is 0 Å². The van der Waals surface area contributed by atoms with Crippen LogP contribution in [0, 0.1) is 5.92 Å². The minimum atomic E-state index is 0.595. The lowest BCUT2D eigenvalue weighted by molar-refractivity contribution is 0.240. The number of rotatable bonds is 3. The molecule has 0 bridgehead atoms. The molecule has 0 aromatic carbocycles. The van der Waals surface area contributed by atoms with Gasteiger partial charge in [-0.1, -0.05) is 12.8 Å². The molecule has 3 atom stereocenters. The highest BCUT2D eigenvalue weighted by atomic mass is 32.1. The van der Waals surface area contributed by atoms with Crippen molar-refractivity contribution in [2.75, 3.05) is 6.54 Å². The third kappa shape index (κ3) is 2.49. The Balaban J connectivity index is 1.69. The molecule has 18 heavy (non-hydrogen) atoms. The van der Waals surface area contributed by atoms with E-state index in [2.05, 4.69) is 16.8 Å². The number of fused-ring (bicyclic) bond motifs is 1. The van der Waals surface area contributed by atoms with Crippen molar-refractivity contribution in [1.82, 2.24) is 5.32 Å². The van der Waals surface area contributed by atoms with E-state index >= 15 is 0 Å². The molecule has 0 spiro atoms. The minimum absolute atomic E-state index is 0.595. The van der Waals surface area contributed by atoms with Crippen molar-refractivity contribution in [3.05, 3.63) is 21.9 Å². The maximum Gasteiger partial charge on any atom is 0.0333 e. The van der Waals surface area contributed by atoms with Gasteiger partial charge in [0.05, 0.1) is 0 Å². The summed E-state index contributed by atoms with van der Waals surface area (Å²) < 4.78 is 0. The topological polar surface area (TPSA) is 38.0 Å². The Morgan fingerprint density at radius 2 is 2.11 bits per heavy atom. The molecule has 3 unspecified atom stereocenters. The van der Waals surface area contributed by atoms with Gasteiger partial charge >= 0.3 is 0 Å². The Morgan fingerprint density at radius 1 is 1.22 bits per heavy atom. The summed E-state index contributed by atoms with van der Waals surface area (Å²) in [6.45, 7) is 0.848. The summed E-state index contributed by atoms with van der Waals surface area (Å²) in [6, 6.07) is 3.58. The first kappa shape index (κ1) is 12.6. The first-order chi connectivity index (χ1) is 8.88. The van der Waals surface area contributed by atoms with E-state index in [1.807, 2.05) is 11.3 Å². The zero-order valence-electron chi connectivity index (χ0n) is 11.0. The fraction of sp³-hybridized carbons (Fsp3) is 0.733. The highest BCUT2D eigenvalue weighted by molar-refractivity contribution is 7.10. The summed E-state index contributed by atoms with van der Waals surface area (Å²) in [7, 11) is 0. The van der Waals surface area contributed by atoms with Crippen molar-refractivity contribution < 1.29 is 0 Å². The summed E-state index contributed by atoms with van der Waals surface area (Å²) >= 11 is 1.93. The maximum absolute atomic E-state index is 5.94. The first-order valence-electron chi connectivity index (χ1n) is 7.41. The number of hydrogen-bond donors (Lipinski definition) is 2. The SMILES string of the molecule is NCC1CCCCC1NC1CCCc2sccc21. The summed E-state index contributed by atoms with van der Waals surface area (Å²) in [5, 5.41) is 6.18. The van der Waals surface area contributed by atoms with Crippen molar-refractivity contribution in [2.24, 2.45) is 11.7 Å². The van der Waals surface area contributed by atoms with Gasteiger partial charge in [0.25, 0.3) is 0 Å². The third-order valence-corrected chi connectivity index (χ3v) is 5.68. The van der Waals surface area contributed by atoms with E-state index in [0.717, 1.165) is 6.54 Å². The highest BCUT2D eigenvalue weighted by Gasteiger charge is 2.28. The lowest BCUT2D eigenvalue weighted by atomic mass is 9.83. The number of thiophene rings is 1. The van der Waals surface area contributed by atoms with Crippen molar-refractivity contribution in [1.29, 1.82) is 0 Å². The summed E-state index contributed by atoms with van der Waals surface area (Å²) in [5.41, 5.74) is 7.51. The lowest BCUT2D eigenvalue weighted by Crippen LogP contribution is -2.44. The molecule has 3 rings (SSSR count). The van der Waals surface area contributed by atoms with Crippen LogP contribution in [0.15, 0.2) is 11.4 Å². The average Bonchev–Trinajstić information content (AvgIpc) is 2.89. The second-order valence-electron chi connectivity index (χ2n) is 5.80. The van der Waals surface area contributed by atoms with E-state index in [9.17, 15) is 0 Å². The molecule has 0 radical (unpaired) electrons. The molecule has 3 N–H and O–H groups in total. The molecule has 2 aliphatic carbocycles. The molecule has 3 heteroatoms. The van der Waals surface area contributed by atoms with Gasteiger partial charge in [0, 0.05) is 17.0 Å². The molecule has 0 aliphatic heterocycles. The molecule has 0 saturated heterocycles. The lowest BCUT2D eigenvalue weighted by Gasteiger charge is -2.36. The van der Waals surface area contributed by atoms with Gasteiger partial charge in [-0.2, -0.15) is 0 Å². The molecular formula is C15H24N2S. The Labute approximate surface area is 114 Å².